The maximum atomic E-state index is 11.0. The van der Waals surface area contributed by atoms with E-state index in [9.17, 15) is 10.1 Å². The van der Waals surface area contributed by atoms with Crippen molar-refractivity contribution < 1.29 is 9.66 Å². The van der Waals surface area contributed by atoms with Gasteiger partial charge in [-0.3, -0.25) is 15.0 Å². The van der Waals surface area contributed by atoms with E-state index in [0.717, 1.165) is 25.9 Å². The fourth-order valence-electron chi connectivity index (χ4n) is 2.15. The third kappa shape index (κ3) is 5.98. The van der Waals surface area contributed by atoms with Crippen molar-refractivity contribution in [2.24, 2.45) is 0 Å². The van der Waals surface area contributed by atoms with Crippen molar-refractivity contribution in [2.75, 3.05) is 32.8 Å². The van der Waals surface area contributed by atoms with Crippen molar-refractivity contribution in [2.45, 2.75) is 45.1 Å². The molecule has 0 amide bonds. The van der Waals surface area contributed by atoms with E-state index in [1.807, 2.05) is 0 Å². The fourth-order valence-corrected chi connectivity index (χ4v) is 2.15. The summed E-state index contributed by atoms with van der Waals surface area (Å²) in [5, 5.41) is 11.0. The molecule has 100 valence electrons. The summed E-state index contributed by atoms with van der Waals surface area (Å²) in [4.78, 5) is 13.0. The molecule has 0 aromatic rings. The van der Waals surface area contributed by atoms with E-state index in [1.54, 1.807) is 0 Å². The van der Waals surface area contributed by atoms with Gasteiger partial charge in [0.1, 0.15) is 0 Å². The van der Waals surface area contributed by atoms with E-state index in [4.69, 9.17) is 4.74 Å². The first-order chi connectivity index (χ1) is 8.24. The van der Waals surface area contributed by atoms with Crippen molar-refractivity contribution in [1.82, 2.24) is 4.90 Å². The first kappa shape index (κ1) is 14.4. The number of hydrogen-bond acceptors (Lipinski definition) is 4. The minimum atomic E-state index is -0.398. The van der Waals surface area contributed by atoms with E-state index in [0.29, 0.717) is 26.2 Å². The summed E-state index contributed by atoms with van der Waals surface area (Å²) in [5.74, 6) is 0. The third-order valence-corrected chi connectivity index (χ3v) is 3.26. The molecular weight excluding hydrogens is 220 g/mol. The van der Waals surface area contributed by atoms with Crippen LogP contribution in [0.5, 0.6) is 0 Å². The molecule has 0 bridgehead atoms. The molecule has 1 saturated heterocycles. The summed E-state index contributed by atoms with van der Waals surface area (Å²) in [5.41, 5.74) is 0. The molecule has 1 rings (SSSR count). The lowest BCUT2D eigenvalue weighted by molar-refractivity contribution is -0.524. The summed E-state index contributed by atoms with van der Waals surface area (Å²) < 4.78 is 5.24. The molecule has 0 aromatic carbocycles. The van der Waals surface area contributed by atoms with Gasteiger partial charge in [-0.1, -0.05) is 26.2 Å². The Hall–Kier alpha value is -0.680. The summed E-state index contributed by atoms with van der Waals surface area (Å²) in [6, 6.07) is -0.398. The Kier molecular flexibility index (Phi) is 7.12. The van der Waals surface area contributed by atoms with Gasteiger partial charge in [-0.05, 0) is 6.42 Å². The number of hydrogen-bond donors (Lipinski definition) is 0. The Labute approximate surface area is 103 Å². The third-order valence-electron chi connectivity index (χ3n) is 3.26. The molecule has 0 aromatic heterocycles. The minimum Gasteiger partial charge on any atom is -0.379 e. The highest BCUT2D eigenvalue weighted by Crippen LogP contribution is 2.10. The van der Waals surface area contributed by atoms with Crippen LogP contribution in [0.15, 0.2) is 0 Å². The Balaban J connectivity index is 2.24. The van der Waals surface area contributed by atoms with Crippen LogP contribution in [0.1, 0.15) is 39.0 Å². The molecule has 1 heterocycles. The molecule has 1 fully saturated rings. The van der Waals surface area contributed by atoms with Gasteiger partial charge in [0.15, 0.2) is 0 Å². The van der Waals surface area contributed by atoms with Gasteiger partial charge in [0, 0.05) is 24.4 Å². The molecule has 1 atom stereocenters. The Morgan fingerprint density at radius 3 is 2.59 bits per heavy atom. The second kappa shape index (κ2) is 8.42. The molecule has 1 aliphatic rings. The maximum absolute atomic E-state index is 11.0. The van der Waals surface area contributed by atoms with Gasteiger partial charge in [-0.25, -0.2) is 0 Å². The van der Waals surface area contributed by atoms with Crippen molar-refractivity contribution >= 4 is 0 Å². The average Bonchev–Trinajstić information content (AvgIpc) is 2.34. The van der Waals surface area contributed by atoms with Gasteiger partial charge in [0.2, 0.25) is 6.04 Å². The van der Waals surface area contributed by atoms with Crippen LogP contribution in [0.3, 0.4) is 0 Å². The van der Waals surface area contributed by atoms with Crippen LogP contribution in [-0.2, 0) is 4.74 Å². The summed E-state index contributed by atoms with van der Waals surface area (Å²) >= 11 is 0. The number of ether oxygens (including phenoxy) is 1. The SMILES string of the molecule is CCCCCCC(CN1CCOCC1)[N+](=O)[O-]. The van der Waals surface area contributed by atoms with Crippen LogP contribution in [0.2, 0.25) is 0 Å². The van der Waals surface area contributed by atoms with Crippen molar-refractivity contribution in [3.63, 3.8) is 0 Å². The van der Waals surface area contributed by atoms with Crippen LogP contribution in [0, 0.1) is 10.1 Å². The zero-order valence-corrected chi connectivity index (χ0v) is 10.8. The van der Waals surface area contributed by atoms with E-state index in [1.165, 1.54) is 12.8 Å². The highest BCUT2D eigenvalue weighted by molar-refractivity contribution is 4.68. The van der Waals surface area contributed by atoms with Crippen LogP contribution in [0.4, 0.5) is 0 Å². The first-order valence-electron chi connectivity index (χ1n) is 6.67. The monoisotopic (exact) mass is 244 g/mol. The predicted octanol–water partition coefficient (Wildman–Crippen LogP) is 1.93. The highest BCUT2D eigenvalue weighted by atomic mass is 16.6. The molecule has 5 heteroatoms. The van der Waals surface area contributed by atoms with Crippen molar-refractivity contribution in [3.05, 3.63) is 10.1 Å². The number of unbranched alkanes of at least 4 members (excludes halogenated alkanes) is 3. The highest BCUT2D eigenvalue weighted by Gasteiger charge is 2.24. The molecule has 1 aliphatic heterocycles. The van der Waals surface area contributed by atoms with Crippen molar-refractivity contribution in [3.8, 4) is 0 Å². The smallest absolute Gasteiger partial charge is 0.225 e. The molecular formula is C12H24N2O3. The molecule has 0 radical (unpaired) electrons. The number of nitro groups is 1. The van der Waals surface area contributed by atoms with Crippen LogP contribution in [-0.4, -0.2) is 48.7 Å². The number of morpholine rings is 1. The molecule has 0 aliphatic carbocycles. The van der Waals surface area contributed by atoms with Crippen LogP contribution in [0.25, 0.3) is 0 Å². The van der Waals surface area contributed by atoms with E-state index in [-0.39, 0.29) is 4.92 Å². The predicted molar refractivity (Wildman–Crippen MR) is 66.8 cm³/mol. The van der Waals surface area contributed by atoms with Gasteiger partial charge < -0.3 is 4.74 Å². The average molecular weight is 244 g/mol. The summed E-state index contributed by atoms with van der Waals surface area (Å²) in [6.07, 6.45) is 5.16. The molecule has 1 unspecified atom stereocenters. The molecule has 17 heavy (non-hydrogen) atoms. The lowest BCUT2D eigenvalue weighted by Gasteiger charge is -2.27. The van der Waals surface area contributed by atoms with E-state index < -0.39 is 6.04 Å². The maximum Gasteiger partial charge on any atom is 0.225 e. The Bertz CT molecular complexity index is 218. The summed E-state index contributed by atoms with van der Waals surface area (Å²) in [7, 11) is 0. The molecule has 0 saturated carbocycles. The number of nitrogens with zero attached hydrogens (tertiary/aromatic N) is 2. The second-order valence-electron chi connectivity index (χ2n) is 4.70. The molecule has 0 spiro atoms. The van der Waals surface area contributed by atoms with E-state index >= 15 is 0 Å². The van der Waals surface area contributed by atoms with Gasteiger partial charge in [0.25, 0.3) is 0 Å². The topological polar surface area (TPSA) is 55.6 Å². The first-order valence-corrected chi connectivity index (χ1v) is 6.67. The summed E-state index contributed by atoms with van der Waals surface area (Å²) in [6.45, 7) is 5.82. The second-order valence-corrected chi connectivity index (χ2v) is 4.70. The van der Waals surface area contributed by atoms with Gasteiger partial charge in [0.05, 0.1) is 19.8 Å². The fraction of sp³-hybridized carbons (Fsp3) is 1.00. The standard InChI is InChI=1S/C12H24N2O3/c1-2-3-4-5-6-12(14(15)16)11-13-7-9-17-10-8-13/h12H,2-11H2,1H3. The van der Waals surface area contributed by atoms with Crippen LogP contribution >= 0.6 is 0 Å². The quantitative estimate of drug-likeness (QED) is 0.372. The zero-order valence-electron chi connectivity index (χ0n) is 10.8. The van der Waals surface area contributed by atoms with Crippen LogP contribution < -0.4 is 0 Å². The van der Waals surface area contributed by atoms with Gasteiger partial charge in [-0.2, -0.15) is 0 Å². The Morgan fingerprint density at radius 1 is 1.29 bits per heavy atom. The minimum absolute atomic E-state index is 0.110. The molecule has 5 nitrogen and oxygen atoms in total. The Morgan fingerprint density at radius 2 is 2.00 bits per heavy atom. The lowest BCUT2D eigenvalue weighted by atomic mass is 10.1. The lowest BCUT2D eigenvalue weighted by Crippen LogP contribution is -2.43. The zero-order chi connectivity index (χ0) is 12.5. The largest absolute Gasteiger partial charge is 0.379 e. The molecule has 0 N–H and O–H groups in total. The number of rotatable bonds is 8. The van der Waals surface area contributed by atoms with Gasteiger partial charge in [-0.15, -0.1) is 0 Å². The van der Waals surface area contributed by atoms with Crippen molar-refractivity contribution in [1.29, 1.82) is 0 Å². The normalized spacial score (nSPS) is 19.1. The van der Waals surface area contributed by atoms with Gasteiger partial charge >= 0.3 is 0 Å². The van der Waals surface area contributed by atoms with E-state index in [2.05, 4.69) is 11.8 Å².